The van der Waals surface area contributed by atoms with Gasteiger partial charge in [0.15, 0.2) is 0 Å². The average molecular weight is 232 g/mol. The molecule has 0 radical (unpaired) electrons. The summed E-state index contributed by atoms with van der Waals surface area (Å²) in [5.74, 6) is 0.181. The number of hydrogen-bond donors (Lipinski definition) is 1. The molecule has 3 nitrogen and oxygen atoms in total. The van der Waals surface area contributed by atoms with Crippen LogP contribution in [0.5, 0.6) is 0 Å². The minimum atomic E-state index is 0.0887. The number of likely N-dealkylation sites (N-methyl/N-ethyl adjacent to an activating group) is 1. The lowest BCUT2D eigenvalue weighted by atomic mass is 10.1. The molecule has 1 aliphatic heterocycles. The molecule has 0 spiro atoms. The Hall–Kier alpha value is -1.35. The normalized spacial score (nSPS) is 20.4. The lowest BCUT2D eigenvalue weighted by Gasteiger charge is -2.18. The zero-order valence-corrected chi connectivity index (χ0v) is 10.4. The number of rotatable bonds is 4. The van der Waals surface area contributed by atoms with E-state index in [0.717, 1.165) is 32.4 Å². The Labute approximate surface area is 103 Å². The molecule has 0 saturated carbocycles. The number of benzene rings is 1. The standard InChI is InChI=1S/C14H20N2O/c1-16-11-5-8-13(16)14(17)15-10-9-12-6-3-2-4-7-12/h2-4,6-7,13H,5,8-11H2,1H3,(H,15,17). The molecule has 0 aromatic heterocycles. The van der Waals surface area contributed by atoms with Crippen LogP contribution in [0, 0.1) is 0 Å². The fourth-order valence-electron chi connectivity index (χ4n) is 2.33. The highest BCUT2D eigenvalue weighted by Crippen LogP contribution is 2.14. The third kappa shape index (κ3) is 3.30. The Bertz CT molecular complexity index is 364. The molecule has 1 aliphatic rings. The zero-order chi connectivity index (χ0) is 12.1. The maximum absolute atomic E-state index is 11.9. The Morgan fingerprint density at radius 1 is 1.41 bits per heavy atom. The Balaban J connectivity index is 1.73. The molecule has 3 heteroatoms. The summed E-state index contributed by atoms with van der Waals surface area (Å²) in [6.07, 6.45) is 3.03. The van der Waals surface area contributed by atoms with Crippen LogP contribution in [0.15, 0.2) is 30.3 Å². The lowest BCUT2D eigenvalue weighted by Crippen LogP contribution is -2.42. The zero-order valence-electron chi connectivity index (χ0n) is 10.4. The Morgan fingerprint density at radius 2 is 2.18 bits per heavy atom. The topological polar surface area (TPSA) is 32.3 Å². The van der Waals surface area contributed by atoms with Crippen LogP contribution in [0.4, 0.5) is 0 Å². The van der Waals surface area contributed by atoms with Crippen molar-refractivity contribution in [2.45, 2.75) is 25.3 Å². The highest BCUT2D eigenvalue weighted by molar-refractivity contribution is 5.81. The van der Waals surface area contributed by atoms with Gasteiger partial charge in [0.05, 0.1) is 6.04 Å². The summed E-state index contributed by atoms with van der Waals surface area (Å²) in [4.78, 5) is 14.0. The lowest BCUT2D eigenvalue weighted by molar-refractivity contribution is -0.125. The summed E-state index contributed by atoms with van der Waals surface area (Å²) in [6, 6.07) is 10.3. The molecule has 1 unspecified atom stereocenters. The molecular weight excluding hydrogens is 212 g/mol. The van der Waals surface area contributed by atoms with Crippen LogP contribution in [0.3, 0.4) is 0 Å². The highest BCUT2D eigenvalue weighted by Gasteiger charge is 2.27. The summed E-state index contributed by atoms with van der Waals surface area (Å²) >= 11 is 0. The van der Waals surface area contributed by atoms with E-state index in [1.807, 2.05) is 25.2 Å². The molecule has 1 aromatic rings. The van der Waals surface area contributed by atoms with Crippen molar-refractivity contribution < 1.29 is 4.79 Å². The third-order valence-electron chi connectivity index (χ3n) is 3.38. The quantitative estimate of drug-likeness (QED) is 0.852. The molecule has 92 valence electrons. The number of carbonyl (C=O) groups is 1. The van der Waals surface area contributed by atoms with E-state index in [0.29, 0.717) is 0 Å². The minimum absolute atomic E-state index is 0.0887. The van der Waals surface area contributed by atoms with Crippen molar-refractivity contribution in [3.05, 3.63) is 35.9 Å². The number of carbonyl (C=O) groups excluding carboxylic acids is 1. The van der Waals surface area contributed by atoms with Gasteiger partial charge in [-0.15, -0.1) is 0 Å². The average Bonchev–Trinajstić information content (AvgIpc) is 2.77. The molecular formula is C14H20N2O. The highest BCUT2D eigenvalue weighted by atomic mass is 16.2. The fraction of sp³-hybridized carbons (Fsp3) is 0.500. The van der Waals surface area contributed by atoms with Crippen LogP contribution in [0.1, 0.15) is 18.4 Å². The van der Waals surface area contributed by atoms with E-state index in [1.54, 1.807) is 0 Å². The molecule has 1 saturated heterocycles. The molecule has 0 bridgehead atoms. The first-order valence-corrected chi connectivity index (χ1v) is 6.29. The molecule has 1 atom stereocenters. The van der Waals surface area contributed by atoms with Gasteiger partial charge in [0, 0.05) is 6.54 Å². The van der Waals surface area contributed by atoms with Crippen molar-refractivity contribution in [2.24, 2.45) is 0 Å². The van der Waals surface area contributed by atoms with Crippen LogP contribution in [-0.4, -0.2) is 37.0 Å². The SMILES string of the molecule is CN1CCCC1C(=O)NCCc1ccccc1. The number of amides is 1. The number of likely N-dealkylation sites (tertiary alicyclic amines) is 1. The van der Waals surface area contributed by atoms with Gasteiger partial charge in [-0.25, -0.2) is 0 Å². The molecule has 1 aromatic carbocycles. The summed E-state index contributed by atoms with van der Waals surface area (Å²) in [7, 11) is 2.02. The smallest absolute Gasteiger partial charge is 0.237 e. The van der Waals surface area contributed by atoms with E-state index < -0.39 is 0 Å². The molecule has 1 N–H and O–H groups in total. The van der Waals surface area contributed by atoms with Crippen LogP contribution < -0.4 is 5.32 Å². The van der Waals surface area contributed by atoms with Gasteiger partial charge in [-0.1, -0.05) is 30.3 Å². The number of nitrogens with one attached hydrogen (secondary N) is 1. The van der Waals surface area contributed by atoms with Crippen molar-refractivity contribution in [2.75, 3.05) is 20.1 Å². The predicted octanol–water partition coefficient (Wildman–Crippen LogP) is 1.44. The van der Waals surface area contributed by atoms with Crippen LogP contribution in [-0.2, 0) is 11.2 Å². The van der Waals surface area contributed by atoms with E-state index >= 15 is 0 Å². The predicted molar refractivity (Wildman–Crippen MR) is 68.8 cm³/mol. The van der Waals surface area contributed by atoms with Gasteiger partial charge in [-0.3, -0.25) is 9.69 Å². The maximum atomic E-state index is 11.9. The van der Waals surface area contributed by atoms with Crippen LogP contribution in [0.2, 0.25) is 0 Å². The van der Waals surface area contributed by atoms with Gasteiger partial charge < -0.3 is 5.32 Å². The maximum Gasteiger partial charge on any atom is 0.237 e. The van der Waals surface area contributed by atoms with Gasteiger partial charge in [-0.05, 0) is 38.4 Å². The first-order valence-electron chi connectivity index (χ1n) is 6.29. The number of hydrogen-bond acceptors (Lipinski definition) is 2. The monoisotopic (exact) mass is 232 g/mol. The number of nitrogens with zero attached hydrogens (tertiary/aromatic N) is 1. The Morgan fingerprint density at radius 3 is 2.82 bits per heavy atom. The summed E-state index contributed by atoms with van der Waals surface area (Å²) in [6.45, 7) is 1.77. The summed E-state index contributed by atoms with van der Waals surface area (Å²) < 4.78 is 0. The van der Waals surface area contributed by atoms with Crippen LogP contribution in [0.25, 0.3) is 0 Å². The van der Waals surface area contributed by atoms with Gasteiger partial charge >= 0.3 is 0 Å². The van der Waals surface area contributed by atoms with Crippen molar-refractivity contribution in [3.63, 3.8) is 0 Å². The minimum Gasteiger partial charge on any atom is -0.354 e. The van der Waals surface area contributed by atoms with Crippen molar-refractivity contribution in [1.82, 2.24) is 10.2 Å². The second-order valence-electron chi connectivity index (χ2n) is 4.67. The second kappa shape index (κ2) is 5.82. The van der Waals surface area contributed by atoms with E-state index in [1.165, 1.54) is 5.56 Å². The van der Waals surface area contributed by atoms with E-state index in [4.69, 9.17) is 0 Å². The van der Waals surface area contributed by atoms with E-state index in [9.17, 15) is 4.79 Å². The first kappa shape index (κ1) is 12.1. The van der Waals surface area contributed by atoms with Crippen LogP contribution >= 0.6 is 0 Å². The Kier molecular flexibility index (Phi) is 4.15. The van der Waals surface area contributed by atoms with Gasteiger partial charge in [0.1, 0.15) is 0 Å². The van der Waals surface area contributed by atoms with Crippen molar-refractivity contribution in [1.29, 1.82) is 0 Å². The molecule has 0 aliphatic carbocycles. The van der Waals surface area contributed by atoms with Crippen molar-refractivity contribution >= 4 is 5.91 Å². The van der Waals surface area contributed by atoms with E-state index in [2.05, 4.69) is 22.3 Å². The molecule has 1 heterocycles. The molecule has 2 rings (SSSR count). The molecule has 17 heavy (non-hydrogen) atoms. The molecule has 1 amide bonds. The summed E-state index contributed by atoms with van der Waals surface area (Å²) in [5, 5.41) is 3.02. The van der Waals surface area contributed by atoms with Crippen molar-refractivity contribution in [3.8, 4) is 0 Å². The van der Waals surface area contributed by atoms with E-state index in [-0.39, 0.29) is 11.9 Å². The first-order chi connectivity index (χ1) is 8.27. The summed E-state index contributed by atoms with van der Waals surface area (Å²) in [5.41, 5.74) is 1.27. The largest absolute Gasteiger partial charge is 0.354 e. The molecule has 1 fully saturated rings. The van der Waals surface area contributed by atoms with Gasteiger partial charge in [-0.2, -0.15) is 0 Å². The third-order valence-corrected chi connectivity index (χ3v) is 3.38. The second-order valence-corrected chi connectivity index (χ2v) is 4.67. The van der Waals surface area contributed by atoms with Gasteiger partial charge in [0.2, 0.25) is 5.91 Å². The van der Waals surface area contributed by atoms with Gasteiger partial charge in [0.25, 0.3) is 0 Å². The fourth-order valence-corrected chi connectivity index (χ4v) is 2.33.